The topological polar surface area (TPSA) is 81.5 Å². The van der Waals surface area contributed by atoms with Gasteiger partial charge in [0.1, 0.15) is 0 Å². The Morgan fingerprint density at radius 2 is 1.78 bits per heavy atom. The van der Waals surface area contributed by atoms with Crippen molar-refractivity contribution in [3.8, 4) is 5.75 Å². The van der Waals surface area contributed by atoms with Gasteiger partial charge in [0.05, 0.1) is 4.92 Å². The van der Waals surface area contributed by atoms with Crippen LogP contribution in [0.5, 0.6) is 5.75 Å². The van der Waals surface area contributed by atoms with Gasteiger partial charge in [-0.1, -0.05) is 42.5 Å². The van der Waals surface area contributed by atoms with Crippen LogP contribution in [0, 0.1) is 10.1 Å². The van der Waals surface area contributed by atoms with E-state index in [0.29, 0.717) is 5.56 Å². The summed E-state index contributed by atoms with van der Waals surface area (Å²) in [6.07, 6.45) is 0.996. The van der Waals surface area contributed by atoms with Gasteiger partial charge in [-0.05, 0) is 18.9 Å². The van der Waals surface area contributed by atoms with E-state index in [-0.39, 0.29) is 23.4 Å². The fourth-order valence-corrected chi connectivity index (χ4v) is 2.24. The van der Waals surface area contributed by atoms with Crippen LogP contribution in [0.2, 0.25) is 0 Å². The Kier molecular flexibility index (Phi) is 4.23. The van der Waals surface area contributed by atoms with Crippen LogP contribution in [0.25, 0.3) is 0 Å². The molecule has 1 aliphatic rings. The van der Waals surface area contributed by atoms with Crippen LogP contribution in [0.1, 0.15) is 24.5 Å². The minimum atomic E-state index is -0.919. The van der Waals surface area contributed by atoms with Gasteiger partial charge in [0, 0.05) is 17.7 Å². The number of carbonyl (C=O) groups is 1. The normalized spacial score (nSPS) is 14.8. The van der Waals surface area contributed by atoms with Crippen LogP contribution in [-0.4, -0.2) is 16.9 Å². The third-order valence-corrected chi connectivity index (χ3v) is 3.57. The van der Waals surface area contributed by atoms with Crippen molar-refractivity contribution in [2.75, 3.05) is 0 Å². The Morgan fingerprint density at radius 1 is 1.13 bits per heavy atom. The second kappa shape index (κ2) is 6.48. The predicted molar refractivity (Wildman–Crippen MR) is 84.1 cm³/mol. The number of nitro benzene ring substituents is 1. The molecule has 6 heteroatoms. The van der Waals surface area contributed by atoms with Gasteiger partial charge in [-0.25, -0.2) is 0 Å². The molecule has 0 spiro atoms. The highest BCUT2D eigenvalue weighted by atomic mass is 16.6. The molecule has 0 aliphatic heterocycles. The van der Waals surface area contributed by atoms with Gasteiger partial charge in [-0.3, -0.25) is 14.9 Å². The highest BCUT2D eigenvalue weighted by molar-refractivity contribution is 5.83. The maximum atomic E-state index is 12.5. The fraction of sp³-hybridized carbons (Fsp3) is 0.235. The maximum Gasteiger partial charge on any atom is 0.310 e. The molecule has 0 heterocycles. The number of hydrogen-bond donors (Lipinski definition) is 1. The molecule has 0 radical (unpaired) electrons. The molecule has 1 N–H and O–H groups in total. The number of ether oxygens (including phenoxy) is 1. The Hall–Kier alpha value is -2.89. The molecular weight excluding hydrogens is 296 g/mol. The third-order valence-electron chi connectivity index (χ3n) is 3.57. The minimum absolute atomic E-state index is 0.0808. The number of nitrogens with one attached hydrogen (secondary N) is 1. The van der Waals surface area contributed by atoms with Gasteiger partial charge in [0.25, 0.3) is 5.91 Å². The van der Waals surface area contributed by atoms with Crippen LogP contribution in [0.4, 0.5) is 5.69 Å². The molecule has 2 aromatic rings. The van der Waals surface area contributed by atoms with Gasteiger partial charge in [-0.2, -0.15) is 0 Å². The molecule has 6 nitrogen and oxygen atoms in total. The Bertz CT molecular complexity index is 714. The summed E-state index contributed by atoms with van der Waals surface area (Å²) in [6.45, 7) is 0. The summed E-state index contributed by atoms with van der Waals surface area (Å²) in [4.78, 5) is 23.1. The maximum absolute atomic E-state index is 12.5. The van der Waals surface area contributed by atoms with E-state index in [4.69, 9.17) is 4.74 Å². The van der Waals surface area contributed by atoms with Gasteiger partial charge in [0.15, 0.2) is 5.75 Å². The predicted octanol–water partition coefficient (Wildman–Crippen LogP) is 2.99. The summed E-state index contributed by atoms with van der Waals surface area (Å²) in [5.41, 5.74) is 0.497. The SMILES string of the molecule is O=C(NC1CC1)[C@H](Oc1ccccc1[N+](=O)[O-])c1ccccc1. The molecule has 1 atom stereocenters. The van der Waals surface area contributed by atoms with E-state index in [0.717, 1.165) is 12.8 Å². The molecule has 23 heavy (non-hydrogen) atoms. The Balaban J connectivity index is 1.89. The van der Waals surface area contributed by atoms with Gasteiger partial charge < -0.3 is 10.1 Å². The highest BCUT2D eigenvalue weighted by Gasteiger charge is 2.31. The van der Waals surface area contributed by atoms with Crippen LogP contribution in [0.3, 0.4) is 0 Å². The van der Waals surface area contributed by atoms with Crippen molar-refractivity contribution >= 4 is 11.6 Å². The van der Waals surface area contributed by atoms with Crippen molar-refractivity contribution in [2.24, 2.45) is 0 Å². The number of nitrogens with zero attached hydrogens (tertiary/aromatic N) is 1. The van der Waals surface area contributed by atoms with Crippen molar-refractivity contribution in [1.82, 2.24) is 5.32 Å². The first-order valence-electron chi connectivity index (χ1n) is 7.40. The molecule has 118 valence electrons. The van der Waals surface area contributed by atoms with Crippen molar-refractivity contribution in [2.45, 2.75) is 25.0 Å². The standard InChI is InChI=1S/C17H16N2O4/c20-17(18-13-10-11-13)16(12-6-2-1-3-7-12)23-15-9-5-4-8-14(15)19(21)22/h1-9,13,16H,10-11H2,(H,18,20)/t16-/m1/s1. The van der Waals surface area contributed by atoms with E-state index in [1.807, 2.05) is 6.07 Å². The van der Waals surface area contributed by atoms with Crippen LogP contribution >= 0.6 is 0 Å². The Labute approximate surface area is 133 Å². The van der Waals surface area contributed by atoms with Crippen LogP contribution in [0.15, 0.2) is 54.6 Å². The van der Waals surface area contributed by atoms with Crippen LogP contribution < -0.4 is 10.1 Å². The van der Waals surface area contributed by atoms with E-state index >= 15 is 0 Å². The average molecular weight is 312 g/mol. The molecule has 0 unspecified atom stereocenters. The molecule has 1 amide bonds. The van der Waals surface area contributed by atoms with E-state index in [1.165, 1.54) is 12.1 Å². The number of benzene rings is 2. The zero-order valence-corrected chi connectivity index (χ0v) is 12.3. The molecule has 0 bridgehead atoms. The molecule has 3 rings (SSSR count). The lowest BCUT2D eigenvalue weighted by atomic mass is 10.1. The van der Waals surface area contributed by atoms with Crippen molar-refractivity contribution < 1.29 is 14.5 Å². The fourth-order valence-electron chi connectivity index (χ4n) is 2.24. The number of rotatable bonds is 6. The first-order chi connectivity index (χ1) is 11.1. The quantitative estimate of drug-likeness (QED) is 0.656. The number of carbonyl (C=O) groups excluding carboxylic acids is 1. The second-order valence-corrected chi connectivity index (χ2v) is 5.42. The molecular formula is C17H16N2O4. The van der Waals surface area contributed by atoms with Crippen molar-refractivity contribution in [3.05, 3.63) is 70.3 Å². The van der Waals surface area contributed by atoms with Gasteiger partial charge >= 0.3 is 5.69 Å². The van der Waals surface area contributed by atoms with E-state index in [9.17, 15) is 14.9 Å². The monoisotopic (exact) mass is 312 g/mol. The van der Waals surface area contributed by atoms with Gasteiger partial charge in [-0.15, -0.1) is 0 Å². The lowest BCUT2D eigenvalue weighted by molar-refractivity contribution is -0.386. The summed E-state index contributed by atoms with van der Waals surface area (Å²) >= 11 is 0. The van der Waals surface area contributed by atoms with E-state index < -0.39 is 11.0 Å². The van der Waals surface area contributed by atoms with E-state index in [2.05, 4.69) is 5.32 Å². The lowest BCUT2D eigenvalue weighted by Gasteiger charge is -2.19. The zero-order chi connectivity index (χ0) is 16.2. The van der Waals surface area contributed by atoms with Crippen LogP contribution in [-0.2, 0) is 4.79 Å². The second-order valence-electron chi connectivity index (χ2n) is 5.42. The average Bonchev–Trinajstić information content (AvgIpc) is 3.37. The third kappa shape index (κ3) is 3.66. The Morgan fingerprint density at radius 3 is 2.43 bits per heavy atom. The van der Waals surface area contributed by atoms with Crippen molar-refractivity contribution in [3.63, 3.8) is 0 Å². The largest absolute Gasteiger partial charge is 0.469 e. The first-order valence-corrected chi connectivity index (χ1v) is 7.40. The summed E-state index contributed by atoms with van der Waals surface area (Å²) in [7, 11) is 0. The lowest BCUT2D eigenvalue weighted by Crippen LogP contribution is -2.34. The number of amides is 1. The molecule has 2 aromatic carbocycles. The smallest absolute Gasteiger partial charge is 0.310 e. The van der Waals surface area contributed by atoms with Gasteiger partial charge in [0.2, 0.25) is 6.10 Å². The first kappa shape index (κ1) is 15.0. The molecule has 0 saturated heterocycles. The molecule has 1 fully saturated rings. The summed E-state index contributed by atoms with van der Waals surface area (Å²) in [6, 6.07) is 15.2. The number of nitro groups is 1. The molecule has 1 saturated carbocycles. The summed E-state index contributed by atoms with van der Waals surface area (Å²) < 4.78 is 5.73. The minimum Gasteiger partial charge on any atom is -0.469 e. The summed E-state index contributed by atoms with van der Waals surface area (Å²) in [5, 5.41) is 14.0. The summed E-state index contributed by atoms with van der Waals surface area (Å²) in [5.74, 6) is -0.200. The number of hydrogen-bond acceptors (Lipinski definition) is 4. The highest BCUT2D eigenvalue weighted by Crippen LogP contribution is 2.31. The van der Waals surface area contributed by atoms with Crippen molar-refractivity contribution in [1.29, 1.82) is 0 Å². The zero-order valence-electron chi connectivity index (χ0n) is 12.3. The van der Waals surface area contributed by atoms with E-state index in [1.54, 1.807) is 36.4 Å². The molecule has 1 aliphatic carbocycles. The number of para-hydroxylation sites is 2. The molecule has 0 aromatic heterocycles.